The van der Waals surface area contributed by atoms with E-state index in [1.807, 2.05) is 11.9 Å². The highest BCUT2D eigenvalue weighted by Crippen LogP contribution is 2.39. The molecule has 142 valence electrons. The van der Waals surface area contributed by atoms with Crippen molar-refractivity contribution in [2.75, 3.05) is 25.5 Å². The van der Waals surface area contributed by atoms with Gasteiger partial charge in [-0.15, -0.1) is 11.3 Å². The number of anilines is 1. The topological polar surface area (TPSA) is 74.3 Å². The number of carbonyl (C=O) groups is 2. The van der Waals surface area contributed by atoms with Crippen LogP contribution in [0, 0.1) is 0 Å². The quantitative estimate of drug-likeness (QED) is 0.850. The van der Waals surface area contributed by atoms with E-state index < -0.39 is 0 Å². The third-order valence-electron chi connectivity index (χ3n) is 5.44. The molecule has 4 rings (SSSR count). The molecule has 1 saturated heterocycles. The number of aryl methyl sites for hydroxylation is 1. The number of likely N-dealkylation sites (N-methyl/N-ethyl adjacent to an activating group) is 1. The highest BCUT2D eigenvalue weighted by atomic mass is 32.1. The summed E-state index contributed by atoms with van der Waals surface area (Å²) in [5, 5.41) is 6.98. The highest BCUT2D eigenvalue weighted by Gasteiger charge is 2.31. The van der Waals surface area contributed by atoms with Crippen LogP contribution in [0.5, 0.6) is 0 Å². The van der Waals surface area contributed by atoms with Gasteiger partial charge in [0.05, 0.1) is 11.1 Å². The molecule has 2 aliphatic rings. The summed E-state index contributed by atoms with van der Waals surface area (Å²) in [6.07, 6.45) is 8.27. The molecule has 7 heteroatoms. The van der Waals surface area contributed by atoms with Gasteiger partial charge in [0, 0.05) is 36.9 Å². The second-order valence-corrected chi connectivity index (χ2v) is 8.28. The molecule has 2 N–H and O–H groups in total. The van der Waals surface area contributed by atoms with Gasteiger partial charge in [-0.25, -0.2) is 0 Å². The van der Waals surface area contributed by atoms with E-state index in [9.17, 15) is 9.59 Å². The molecule has 0 saturated carbocycles. The number of nitrogens with zero attached hydrogens (tertiary/aromatic N) is 2. The van der Waals surface area contributed by atoms with Crippen molar-refractivity contribution < 1.29 is 9.59 Å². The molecule has 1 aliphatic heterocycles. The zero-order valence-electron chi connectivity index (χ0n) is 15.5. The summed E-state index contributed by atoms with van der Waals surface area (Å²) in [5.74, 6) is -0.203. The molecule has 0 aromatic carbocycles. The number of nitrogens with one attached hydrogen (secondary N) is 2. The number of aromatic nitrogens is 1. The highest BCUT2D eigenvalue weighted by molar-refractivity contribution is 7.17. The van der Waals surface area contributed by atoms with Gasteiger partial charge in [-0.1, -0.05) is 0 Å². The zero-order chi connectivity index (χ0) is 18.8. The van der Waals surface area contributed by atoms with Crippen molar-refractivity contribution in [3.05, 3.63) is 46.1 Å². The van der Waals surface area contributed by atoms with E-state index in [-0.39, 0.29) is 17.9 Å². The van der Waals surface area contributed by atoms with E-state index in [4.69, 9.17) is 0 Å². The normalized spacial score (nSPS) is 18.8. The second-order valence-electron chi connectivity index (χ2n) is 7.17. The van der Waals surface area contributed by atoms with Crippen LogP contribution in [0.3, 0.4) is 0 Å². The van der Waals surface area contributed by atoms with Crippen LogP contribution < -0.4 is 10.6 Å². The Bertz CT molecular complexity index is 843. The third-order valence-corrected chi connectivity index (χ3v) is 6.65. The monoisotopic (exact) mass is 384 g/mol. The fourth-order valence-corrected chi connectivity index (χ4v) is 5.14. The van der Waals surface area contributed by atoms with Crippen LogP contribution in [-0.4, -0.2) is 47.9 Å². The Labute approximate surface area is 163 Å². The van der Waals surface area contributed by atoms with Crippen LogP contribution in [0.2, 0.25) is 0 Å². The van der Waals surface area contributed by atoms with Crippen LogP contribution >= 0.6 is 11.3 Å². The van der Waals surface area contributed by atoms with Gasteiger partial charge in [0.2, 0.25) is 0 Å². The lowest BCUT2D eigenvalue weighted by Gasteiger charge is -2.25. The average molecular weight is 385 g/mol. The predicted octanol–water partition coefficient (Wildman–Crippen LogP) is 2.71. The fraction of sp³-hybridized carbons (Fsp3) is 0.450. The van der Waals surface area contributed by atoms with Gasteiger partial charge in [0.25, 0.3) is 11.8 Å². The summed E-state index contributed by atoms with van der Waals surface area (Å²) < 4.78 is 0. The minimum absolute atomic E-state index is 0.0181. The summed E-state index contributed by atoms with van der Waals surface area (Å²) in [6, 6.07) is 3.67. The molecule has 1 aliphatic carbocycles. The molecular formula is C20H24N4O2S. The van der Waals surface area contributed by atoms with Crippen molar-refractivity contribution in [2.45, 2.75) is 38.1 Å². The van der Waals surface area contributed by atoms with Crippen LogP contribution in [0.4, 0.5) is 5.00 Å². The number of fused-ring (bicyclic) bond motifs is 1. The fourth-order valence-electron chi connectivity index (χ4n) is 3.86. The van der Waals surface area contributed by atoms with Crippen LogP contribution in [0.15, 0.2) is 24.5 Å². The van der Waals surface area contributed by atoms with E-state index in [1.54, 1.807) is 35.9 Å². The Morgan fingerprint density at radius 1 is 1.33 bits per heavy atom. The first-order valence-electron chi connectivity index (χ1n) is 9.49. The molecule has 0 bridgehead atoms. The Hall–Kier alpha value is -2.25. The number of amides is 2. The van der Waals surface area contributed by atoms with Gasteiger partial charge in [-0.3, -0.25) is 14.6 Å². The van der Waals surface area contributed by atoms with Gasteiger partial charge >= 0.3 is 0 Å². The molecule has 0 radical (unpaired) electrons. The lowest BCUT2D eigenvalue weighted by Crippen LogP contribution is -2.39. The van der Waals surface area contributed by atoms with E-state index in [2.05, 4.69) is 15.6 Å². The minimum Gasteiger partial charge on any atom is -0.337 e. The Morgan fingerprint density at radius 3 is 2.93 bits per heavy atom. The maximum Gasteiger partial charge on any atom is 0.257 e. The molecule has 27 heavy (non-hydrogen) atoms. The molecule has 0 spiro atoms. The van der Waals surface area contributed by atoms with Crippen molar-refractivity contribution in [2.24, 2.45) is 0 Å². The second kappa shape index (κ2) is 7.78. The predicted molar refractivity (Wildman–Crippen MR) is 107 cm³/mol. The number of carbonyl (C=O) groups excluding carboxylic acids is 2. The van der Waals surface area contributed by atoms with E-state index in [0.29, 0.717) is 16.1 Å². The van der Waals surface area contributed by atoms with Gasteiger partial charge in [0.1, 0.15) is 5.00 Å². The van der Waals surface area contributed by atoms with Crippen LogP contribution in [0.1, 0.15) is 50.4 Å². The van der Waals surface area contributed by atoms with Crippen molar-refractivity contribution >= 4 is 28.2 Å². The summed E-state index contributed by atoms with van der Waals surface area (Å²) in [7, 11) is 1.87. The Morgan fingerprint density at radius 2 is 2.19 bits per heavy atom. The largest absolute Gasteiger partial charge is 0.337 e. The molecule has 1 unspecified atom stereocenters. The van der Waals surface area contributed by atoms with Crippen molar-refractivity contribution in [3.8, 4) is 0 Å². The van der Waals surface area contributed by atoms with Crippen molar-refractivity contribution in [3.63, 3.8) is 0 Å². The molecular weight excluding hydrogens is 360 g/mol. The van der Waals surface area contributed by atoms with Gasteiger partial charge < -0.3 is 15.5 Å². The number of rotatable bonds is 4. The van der Waals surface area contributed by atoms with Crippen LogP contribution in [-0.2, 0) is 12.8 Å². The van der Waals surface area contributed by atoms with Crippen molar-refractivity contribution in [1.29, 1.82) is 0 Å². The standard InChI is InChI=1S/C20H24N4O2S/c1-24(14-8-10-22-12-14)20(26)17-15-6-2-3-7-16(15)27-19(17)23-18(25)13-5-4-9-21-11-13/h4-5,9,11,14,22H,2-3,6-8,10,12H2,1H3,(H,23,25). The molecule has 2 aromatic rings. The maximum absolute atomic E-state index is 13.3. The summed E-state index contributed by atoms with van der Waals surface area (Å²) in [5.41, 5.74) is 2.33. The smallest absolute Gasteiger partial charge is 0.257 e. The molecule has 1 fully saturated rings. The number of pyridine rings is 1. The summed E-state index contributed by atoms with van der Waals surface area (Å²) in [6.45, 7) is 1.76. The summed E-state index contributed by atoms with van der Waals surface area (Å²) >= 11 is 1.56. The Kier molecular flexibility index (Phi) is 5.22. The lowest BCUT2D eigenvalue weighted by atomic mass is 9.94. The first-order chi connectivity index (χ1) is 13.1. The Balaban J connectivity index is 1.65. The maximum atomic E-state index is 13.3. The van der Waals surface area contributed by atoms with E-state index in [0.717, 1.165) is 50.8 Å². The van der Waals surface area contributed by atoms with Gasteiger partial charge in [-0.2, -0.15) is 0 Å². The van der Waals surface area contributed by atoms with Crippen LogP contribution in [0.25, 0.3) is 0 Å². The van der Waals surface area contributed by atoms with Gasteiger partial charge in [-0.05, 0) is 56.3 Å². The summed E-state index contributed by atoms with van der Waals surface area (Å²) in [4.78, 5) is 33.1. The molecule has 2 amide bonds. The van der Waals surface area contributed by atoms with Crippen molar-refractivity contribution in [1.82, 2.24) is 15.2 Å². The number of hydrogen-bond acceptors (Lipinski definition) is 5. The first kappa shape index (κ1) is 18.1. The number of thiophene rings is 1. The minimum atomic E-state index is -0.221. The molecule has 6 nitrogen and oxygen atoms in total. The average Bonchev–Trinajstić information content (AvgIpc) is 3.35. The molecule has 2 aromatic heterocycles. The van der Waals surface area contributed by atoms with E-state index >= 15 is 0 Å². The van der Waals surface area contributed by atoms with E-state index in [1.165, 1.54) is 4.88 Å². The number of hydrogen-bond donors (Lipinski definition) is 2. The first-order valence-corrected chi connectivity index (χ1v) is 10.3. The third kappa shape index (κ3) is 3.61. The molecule has 3 heterocycles. The SMILES string of the molecule is CN(C(=O)c1c(NC(=O)c2cccnc2)sc2c1CCCC2)C1CCNC1. The zero-order valence-corrected chi connectivity index (χ0v) is 16.3. The lowest BCUT2D eigenvalue weighted by molar-refractivity contribution is 0.0744. The molecule has 1 atom stereocenters. The van der Waals surface area contributed by atoms with Gasteiger partial charge in [0.15, 0.2) is 0 Å².